The molecule has 3 aromatic rings. The van der Waals surface area contributed by atoms with E-state index in [9.17, 15) is 19.2 Å². The average molecular weight is 303 g/mol. The average Bonchev–Trinajstić information content (AvgIpc) is 2.73. The first-order chi connectivity index (χ1) is 10.4. The molecule has 9 heteroatoms. The van der Waals surface area contributed by atoms with Gasteiger partial charge in [0.1, 0.15) is 5.56 Å². The molecule has 0 aliphatic carbocycles. The number of fused-ring (bicyclic) bond motifs is 1. The Bertz CT molecular complexity index is 1080. The van der Waals surface area contributed by atoms with Gasteiger partial charge in [-0.1, -0.05) is 0 Å². The Morgan fingerprint density at radius 1 is 1.27 bits per heavy atom. The fraction of sp³-hybridized carbons (Fsp3) is 0.0769. The zero-order chi connectivity index (χ0) is 16.0. The second kappa shape index (κ2) is 4.58. The van der Waals surface area contributed by atoms with Gasteiger partial charge in [0.25, 0.3) is 5.56 Å². The van der Waals surface area contributed by atoms with E-state index in [0.717, 1.165) is 10.8 Å². The molecule has 0 radical (unpaired) electrons. The standard InChI is InChI=1S/C13H9N3O6/c1-15-8-3-2-6(4-9(8)22-13(15)21)16-5-7(11(18)19)10(17)14-12(16)20/h2-5H,1H3,(H,18,19)(H,14,17,20). The van der Waals surface area contributed by atoms with E-state index in [-0.39, 0.29) is 11.3 Å². The van der Waals surface area contributed by atoms with E-state index in [4.69, 9.17) is 9.52 Å². The van der Waals surface area contributed by atoms with E-state index in [1.165, 1.54) is 23.7 Å². The predicted octanol–water partition coefficient (Wildman–Crippen LogP) is -0.331. The molecule has 0 unspecified atom stereocenters. The van der Waals surface area contributed by atoms with Crippen molar-refractivity contribution in [2.75, 3.05) is 0 Å². The maximum absolute atomic E-state index is 11.8. The molecular weight excluding hydrogens is 294 g/mol. The summed E-state index contributed by atoms with van der Waals surface area (Å²) in [5.74, 6) is -2.02. The first kappa shape index (κ1) is 13.6. The maximum Gasteiger partial charge on any atom is 0.419 e. The van der Waals surface area contributed by atoms with Crippen LogP contribution in [0.2, 0.25) is 0 Å². The van der Waals surface area contributed by atoms with Gasteiger partial charge in [-0.25, -0.2) is 14.4 Å². The van der Waals surface area contributed by atoms with Gasteiger partial charge in [0, 0.05) is 19.3 Å². The van der Waals surface area contributed by atoms with Crippen molar-refractivity contribution < 1.29 is 14.3 Å². The summed E-state index contributed by atoms with van der Waals surface area (Å²) in [5.41, 5.74) is -1.35. The maximum atomic E-state index is 11.8. The zero-order valence-electron chi connectivity index (χ0n) is 11.2. The van der Waals surface area contributed by atoms with E-state index in [1.54, 1.807) is 6.07 Å². The van der Waals surface area contributed by atoms with Crippen LogP contribution >= 0.6 is 0 Å². The molecule has 0 aliphatic rings. The molecule has 0 bridgehead atoms. The highest BCUT2D eigenvalue weighted by atomic mass is 16.4. The summed E-state index contributed by atoms with van der Waals surface area (Å²) in [6, 6.07) is 4.46. The van der Waals surface area contributed by atoms with Gasteiger partial charge in [0.15, 0.2) is 5.58 Å². The molecule has 2 aromatic heterocycles. The summed E-state index contributed by atoms with van der Waals surface area (Å²) in [7, 11) is 1.53. The number of rotatable bonds is 2. The Labute approximate surface area is 120 Å². The summed E-state index contributed by atoms with van der Waals surface area (Å²) in [6.07, 6.45) is 0.922. The number of aromatic amines is 1. The van der Waals surface area contributed by atoms with Crippen LogP contribution in [0.15, 0.2) is 43.2 Å². The van der Waals surface area contributed by atoms with Crippen molar-refractivity contribution in [1.82, 2.24) is 14.1 Å². The van der Waals surface area contributed by atoms with Gasteiger partial charge in [-0.2, -0.15) is 0 Å². The number of benzene rings is 1. The zero-order valence-corrected chi connectivity index (χ0v) is 11.2. The minimum Gasteiger partial charge on any atom is -0.477 e. The van der Waals surface area contributed by atoms with Gasteiger partial charge >= 0.3 is 17.4 Å². The van der Waals surface area contributed by atoms with Crippen molar-refractivity contribution in [3.05, 3.63) is 61.3 Å². The molecule has 0 saturated heterocycles. The lowest BCUT2D eigenvalue weighted by molar-refractivity contribution is 0.0694. The third-order valence-corrected chi connectivity index (χ3v) is 3.23. The van der Waals surface area contributed by atoms with Crippen molar-refractivity contribution in [2.45, 2.75) is 0 Å². The fourth-order valence-electron chi connectivity index (χ4n) is 2.09. The Hall–Kier alpha value is -3.36. The van der Waals surface area contributed by atoms with Crippen LogP contribution < -0.4 is 17.0 Å². The normalized spacial score (nSPS) is 11.0. The number of aryl methyl sites for hydroxylation is 1. The number of carbonyl (C=O) groups is 1. The molecule has 0 amide bonds. The molecule has 2 heterocycles. The highest BCUT2D eigenvalue weighted by Gasteiger charge is 2.14. The SMILES string of the molecule is Cn1c(=O)oc2cc(-n3cc(C(=O)O)c(=O)[nH]c3=O)ccc21. The van der Waals surface area contributed by atoms with Crippen molar-refractivity contribution in [3.8, 4) is 5.69 Å². The number of nitrogens with zero attached hydrogens (tertiary/aromatic N) is 2. The fourth-order valence-corrected chi connectivity index (χ4v) is 2.09. The highest BCUT2D eigenvalue weighted by Crippen LogP contribution is 2.16. The smallest absolute Gasteiger partial charge is 0.419 e. The molecule has 0 atom stereocenters. The number of nitrogens with one attached hydrogen (secondary N) is 1. The van der Waals surface area contributed by atoms with E-state index in [2.05, 4.69) is 0 Å². The van der Waals surface area contributed by atoms with Gasteiger partial charge in [-0.05, 0) is 12.1 Å². The molecule has 1 aromatic carbocycles. The van der Waals surface area contributed by atoms with Gasteiger partial charge in [-0.3, -0.25) is 18.9 Å². The third kappa shape index (κ3) is 1.95. The first-order valence-corrected chi connectivity index (χ1v) is 6.07. The van der Waals surface area contributed by atoms with E-state index < -0.39 is 28.5 Å². The van der Waals surface area contributed by atoms with Gasteiger partial charge < -0.3 is 9.52 Å². The van der Waals surface area contributed by atoms with Gasteiger partial charge in [0.05, 0.1) is 11.2 Å². The van der Waals surface area contributed by atoms with Gasteiger partial charge in [0.2, 0.25) is 0 Å². The molecule has 112 valence electrons. The number of H-pyrrole nitrogens is 1. The highest BCUT2D eigenvalue weighted by molar-refractivity contribution is 5.86. The number of hydrogen-bond acceptors (Lipinski definition) is 5. The number of aromatic nitrogens is 3. The second-order valence-electron chi connectivity index (χ2n) is 4.56. The topological polar surface area (TPSA) is 127 Å². The summed E-state index contributed by atoms with van der Waals surface area (Å²) in [5, 5.41) is 8.94. The molecule has 0 fully saturated rings. The minimum atomic E-state index is -1.46. The molecule has 3 rings (SSSR count). The largest absolute Gasteiger partial charge is 0.477 e. The molecule has 2 N–H and O–H groups in total. The second-order valence-corrected chi connectivity index (χ2v) is 4.56. The Morgan fingerprint density at radius 2 is 2.00 bits per heavy atom. The van der Waals surface area contributed by atoms with Crippen LogP contribution in [0, 0.1) is 0 Å². The van der Waals surface area contributed by atoms with Crippen LogP contribution in [0.4, 0.5) is 0 Å². The first-order valence-electron chi connectivity index (χ1n) is 6.07. The number of carboxylic acids is 1. The lowest BCUT2D eigenvalue weighted by Gasteiger charge is -2.05. The van der Waals surface area contributed by atoms with E-state index in [1.807, 2.05) is 4.98 Å². The number of hydrogen-bond donors (Lipinski definition) is 2. The van der Waals surface area contributed by atoms with Crippen molar-refractivity contribution >= 4 is 17.1 Å². The Balaban J connectivity index is 2.29. The molecule has 22 heavy (non-hydrogen) atoms. The number of carboxylic acid groups (broad SMARTS) is 1. The van der Waals surface area contributed by atoms with E-state index >= 15 is 0 Å². The van der Waals surface area contributed by atoms with Crippen LogP contribution in [0.3, 0.4) is 0 Å². The summed E-state index contributed by atoms with van der Waals surface area (Å²) in [6.45, 7) is 0. The minimum absolute atomic E-state index is 0.236. The monoisotopic (exact) mass is 303 g/mol. The van der Waals surface area contributed by atoms with Crippen molar-refractivity contribution in [2.24, 2.45) is 7.05 Å². The molecular formula is C13H9N3O6. The van der Waals surface area contributed by atoms with Crippen LogP contribution in [-0.4, -0.2) is 25.2 Å². The third-order valence-electron chi connectivity index (χ3n) is 3.23. The lowest BCUT2D eigenvalue weighted by Crippen LogP contribution is -2.32. The van der Waals surface area contributed by atoms with Crippen LogP contribution in [0.1, 0.15) is 10.4 Å². The quantitative estimate of drug-likeness (QED) is 0.667. The van der Waals surface area contributed by atoms with Gasteiger partial charge in [-0.15, -0.1) is 0 Å². The van der Waals surface area contributed by atoms with E-state index in [0.29, 0.717) is 5.52 Å². The lowest BCUT2D eigenvalue weighted by atomic mass is 10.2. The summed E-state index contributed by atoms with van der Waals surface area (Å²) < 4.78 is 7.25. The van der Waals surface area contributed by atoms with Crippen molar-refractivity contribution in [1.29, 1.82) is 0 Å². The van der Waals surface area contributed by atoms with Crippen LogP contribution in [0.5, 0.6) is 0 Å². The molecule has 0 aliphatic heterocycles. The molecule has 0 spiro atoms. The predicted molar refractivity (Wildman–Crippen MR) is 74.6 cm³/mol. The van der Waals surface area contributed by atoms with Crippen LogP contribution in [-0.2, 0) is 7.05 Å². The summed E-state index contributed by atoms with van der Waals surface area (Å²) in [4.78, 5) is 47.6. The Kier molecular flexibility index (Phi) is 2.84. The molecule has 9 nitrogen and oxygen atoms in total. The number of oxazole rings is 1. The molecule has 0 saturated carbocycles. The Morgan fingerprint density at radius 3 is 2.68 bits per heavy atom. The van der Waals surface area contributed by atoms with Crippen LogP contribution in [0.25, 0.3) is 16.8 Å². The van der Waals surface area contributed by atoms with Crippen molar-refractivity contribution in [3.63, 3.8) is 0 Å². The summed E-state index contributed by atoms with van der Waals surface area (Å²) >= 11 is 0. The number of aromatic carboxylic acids is 1.